The molecule has 0 saturated carbocycles. The third kappa shape index (κ3) is 7.98. The number of rotatable bonds is 6. The Morgan fingerprint density at radius 3 is 2.19 bits per heavy atom. The van der Waals surface area contributed by atoms with Crippen molar-refractivity contribution in [3.8, 4) is 5.75 Å². The smallest absolute Gasteiger partial charge is 0.410 e. The second-order valence-electron chi connectivity index (χ2n) is 14.5. The topological polar surface area (TPSA) is 106 Å². The number of fused-ring (bicyclic) bond motifs is 1. The maximum atomic E-state index is 14.0. The van der Waals surface area contributed by atoms with E-state index in [1.165, 1.54) is 12.8 Å². The van der Waals surface area contributed by atoms with E-state index in [0.29, 0.717) is 62.6 Å². The van der Waals surface area contributed by atoms with Crippen LogP contribution in [-0.2, 0) is 22.4 Å². The number of nitrogens with one attached hydrogen (secondary N) is 1. The number of ether oxygens (including phenoxy) is 1. The van der Waals surface area contributed by atoms with Gasteiger partial charge in [-0.25, -0.2) is 9.59 Å². The molecule has 0 spiro atoms. The Balaban J connectivity index is 1.08. The lowest BCUT2D eigenvalue weighted by atomic mass is 9.82. The Hall–Kier alpha value is -3.21. The zero-order chi connectivity index (χ0) is 34.0. The van der Waals surface area contributed by atoms with Gasteiger partial charge in [0.25, 0.3) is 5.91 Å². The number of para-hydroxylation sites is 1. The summed E-state index contributed by atoms with van der Waals surface area (Å²) in [4.78, 5) is 48.5. The molecule has 4 aliphatic heterocycles. The van der Waals surface area contributed by atoms with E-state index < -0.39 is 12.2 Å². The number of likely N-dealkylation sites (tertiary alicyclic amines) is 3. The van der Waals surface area contributed by atoms with E-state index in [4.69, 9.17) is 27.9 Å². The van der Waals surface area contributed by atoms with Crippen molar-refractivity contribution < 1.29 is 24.2 Å². The number of halogens is 2. The number of hydrogen-bond acceptors (Lipinski definition) is 6. The minimum atomic E-state index is -1.07. The number of urea groups is 1. The lowest BCUT2D eigenvalue weighted by Gasteiger charge is -2.44. The fourth-order valence-electron chi connectivity index (χ4n) is 7.57. The molecule has 4 heterocycles. The average Bonchev–Trinajstić information content (AvgIpc) is 3.24. The molecule has 2 N–H and O–H groups in total. The average molecular weight is 701 g/mol. The van der Waals surface area contributed by atoms with E-state index in [0.717, 1.165) is 43.6 Å². The summed E-state index contributed by atoms with van der Waals surface area (Å²) < 4.78 is 5.99. The molecule has 0 bridgehead atoms. The van der Waals surface area contributed by atoms with Crippen molar-refractivity contribution in [3.63, 3.8) is 0 Å². The van der Waals surface area contributed by atoms with Crippen molar-refractivity contribution in [3.05, 3.63) is 57.6 Å². The Morgan fingerprint density at radius 2 is 1.52 bits per heavy atom. The fourth-order valence-corrected chi connectivity index (χ4v) is 8.11. The minimum Gasteiger partial charge on any atom is -0.505 e. The molecular weight excluding hydrogens is 653 g/mol. The molecule has 10 nitrogen and oxygen atoms in total. The first kappa shape index (κ1) is 34.6. The van der Waals surface area contributed by atoms with Crippen LogP contribution in [0.3, 0.4) is 0 Å². The summed E-state index contributed by atoms with van der Waals surface area (Å²) in [5.74, 6) is -0.465. The number of amides is 4. The number of nitrogens with zero attached hydrogens (tertiary/aromatic N) is 4. The van der Waals surface area contributed by atoms with Crippen LogP contribution in [0.4, 0.5) is 15.3 Å². The molecule has 1 atom stereocenters. The molecule has 0 unspecified atom stereocenters. The number of carbonyl (C=O) groups excluding carboxylic acids is 3. The number of phenolic OH excluding ortho intramolecular Hbond substituents is 1. The number of hydrogen-bond donors (Lipinski definition) is 2. The van der Waals surface area contributed by atoms with Crippen LogP contribution < -0.4 is 5.32 Å². The van der Waals surface area contributed by atoms with Crippen LogP contribution in [0.25, 0.3) is 0 Å². The zero-order valence-corrected chi connectivity index (χ0v) is 29.4. The van der Waals surface area contributed by atoms with Gasteiger partial charge in [0.1, 0.15) is 0 Å². The first-order valence-corrected chi connectivity index (χ1v) is 18.0. The molecule has 4 aliphatic rings. The molecule has 2 aromatic rings. The first-order valence-electron chi connectivity index (χ1n) is 17.3. The summed E-state index contributed by atoms with van der Waals surface area (Å²) in [6.07, 6.45) is 4.56. The van der Waals surface area contributed by atoms with Crippen molar-refractivity contribution in [2.45, 2.75) is 83.4 Å². The Kier molecular flexibility index (Phi) is 10.6. The standard InChI is InChI=1S/C36H47Cl2N5O5/c1-36(2)12-19-40(20-13-36)26-8-14-41(15-9-26)33(45)31(23-24-21-28(37)32(44)29(38)22-24)48-35(47)42-16-10-27(11-17-42)43-18-7-25-5-3-4-6-30(25)39-34(43)46/h3-6,21-22,26-27,31,44H,7-20,23H2,1-2H3,(H,39,46)/t31-/m1/s1. The van der Waals surface area contributed by atoms with Gasteiger partial charge in [0.15, 0.2) is 11.9 Å². The van der Waals surface area contributed by atoms with Crippen LogP contribution in [-0.4, -0.2) is 107 Å². The third-order valence-electron chi connectivity index (χ3n) is 10.8. The second kappa shape index (κ2) is 14.7. The number of phenols is 1. The summed E-state index contributed by atoms with van der Waals surface area (Å²) in [5, 5.41) is 13.3. The van der Waals surface area contributed by atoms with E-state index in [-0.39, 0.29) is 40.2 Å². The maximum absolute atomic E-state index is 14.0. The molecule has 3 fully saturated rings. The minimum absolute atomic E-state index is 0.00524. The lowest BCUT2D eigenvalue weighted by Crippen LogP contribution is -2.53. The van der Waals surface area contributed by atoms with Gasteiger partial charge in [-0.05, 0) is 92.8 Å². The van der Waals surface area contributed by atoms with E-state index in [9.17, 15) is 19.5 Å². The van der Waals surface area contributed by atoms with Crippen molar-refractivity contribution in [1.29, 1.82) is 0 Å². The van der Waals surface area contributed by atoms with Crippen molar-refractivity contribution in [2.24, 2.45) is 5.41 Å². The summed E-state index contributed by atoms with van der Waals surface area (Å²) in [6.45, 7) is 9.46. The highest BCUT2D eigenvalue weighted by atomic mass is 35.5. The molecule has 2 aromatic carbocycles. The predicted molar refractivity (Wildman–Crippen MR) is 187 cm³/mol. The predicted octanol–water partition coefficient (Wildman–Crippen LogP) is 6.41. The zero-order valence-electron chi connectivity index (χ0n) is 27.9. The molecule has 3 saturated heterocycles. The number of anilines is 1. The van der Waals surface area contributed by atoms with Crippen molar-refractivity contribution in [1.82, 2.24) is 19.6 Å². The maximum Gasteiger partial charge on any atom is 0.410 e. The van der Waals surface area contributed by atoms with Crippen LogP contribution in [0.1, 0.15) is 63.5 Å². The van der Waals surface area contributed by atoms with Gasteiger partial charge in [0.05, 0.1) is 10.0 Å². The van der Waals surface area contributed by atoms with Gasteiger partial charge in [-0.2, -0.15) is 0 Å². The molecule has 0 aliphatic carbocycles. The largest absolute Gasteiger partial charge is 0.505 e. The molecule has 4 amide bonds. The van der Waals surface area contributed by atoms with Crippen LogP contribution in [0.5, 0.6) is 5.75 Å². The van der Waals surface area contributed by atoms with Crippen LogP contribution >= 0.6 is 23.2 Å². The van der Waals surface area contributed by atoms with Crippen molar-refractivity contribution >= 4 is 46.9 Å². The summed E-state index contributed by atoms with van der Waals surface area (Å²) in [6, 6.07) is 11.3. The first-order chi connectivity index (χ1) is 23.0. The summed E-state index contributed by atoms with van der Waals surface area (Å²) in [7, 11) is 0. The van der Waals surface area contributed by atoms with Gasteiger partial charge in [0, 0.05) is 56.9 Å². The number of benzene rings is 2. The SMILES string of the molecule is CC1(C)CCN(C2CCN(C(=O)[C@@H](Cc3cc(Cl)c(O)c(Cl)c3)OC(=O)N3CCC(N4CCc5ccccc5NC4=O)CC3)CC2)CC1. The molecule has 0 aromatic heterocycles. The fraction of sp³-hybridized carbons (Fsp3) is 0.583. The van der Waals surface area contributed by atoms with Gasteiger partial charge < -0.3 is 34.8 Å². The monoisotopic (exact) mass is 699 g/mol. The van der Waals surface area contributed by atoms with Gasteiger partial charge in [0.2, 0.25) is 0 Å². The molecule has 260 valence electrons. The van der Waals surface area contributed by atoms with Crippen LogP contribution in [0, 0.1) is 5.41 Å². The van der Waals surface area contributed by atoms with Crippen molar-refractivity contribution in [2.75, 3.05) is 51.1 Å². The van der Waals surface area contributed by atoms with E-state index in [1.54, 1.807) is 17.0 Å². The Bertz CT molecular complexity index is 1470. The molecule has 6 rings (SSSR count). The number of piperidine rings is 3. The van der Waals surface area contributed by atoms with Gasteiger partial charge in [-0.15, -0.1) is 0 Å². The van der Waals surface area contributed by atoms with E-state index >= 15 is 0 Å². The van der Waals surface area contributed by atoms with Gasteiger partial charge in [-0.1, -0.05) is 55.2 Å². The number of carbonyl (C=O) groups is 3. The van der Waals surface area contributed by atoms with Gasteiger partial charge >= 0.3 is 12.1 Å². The van der Waals surface area contributed by atoms with E-state index in [2.05, 4.69) is 24.1 Å². The third-order valence-corrected chi connectivity index (χ3v) is 11.3. The summed E-state index contributed by atoms with van der Waals surface area (Å²) in [5.41, 5.74) is 2.93. The molecule has 12 heteroatoms. The normalized spacial score (nSPS) is 21.7. The second-order valence-corrected chi connectivity index (χ2v) is 15.3. The quantitative estimate of drug-likeness (QED) is 0.361. The van der Waals surface area contributed by atoms with Crippen LogP contribution in [0.15, 0.2) is 36.4 Å². The van der Waals surface area contributed by atoms with Crippen LogP contribution in [0.2, 0.25) is 10.0 Å². The summed E-state index contributed by atoms with van der Waals surface area (Å²) >= 11 is 12.4. The Labute approximate surface area is 293 Å². The van der Waals surface area contributed by atoms with Gasteiger partial charge in [-0.3, -0.25) is 4.79 Å². The molecule has 48 heavy (non-hydrogen) atoms. The highest BCUT2D eigenvalue weighted by Gasteiger charge is 2.37. The Morgan fingerprint density at radius 1 is 0.917 bits per heavy atom. The highest BCUT2D eigenvalue weighted by Crippen LogP contribution is 2.35. The highest BCUT2D eigenvalue weighted by molar-refractivity contribution is 6.37. The van der Waals surface area contributed by atoms with E-state index in [1.807, 2.05) is 34.1 Å². The lowest BCUT2D eigenvalue weighted by molar-refractivity contribution is -0.142. The molecular formula is C36H47Cl2N5O5. The number of aromatic hydroxyl groups is 1. The molecule has 0 radical (unpaired) electrons.